The zero-order valence-corrected chi connectivity index (χ0v) is 5.53. The molecule has 5 nitrogen and oxygen atoms in total. The highest BCUT2D eigenvalue weighted by atomic mass is 31.2. The van der Waals surface area contributed by atoms with E-state index in [2.05, 4.69) is 4.98 Å². The number of nitrogens with two attached hydrogens (primary N) is 2. The van der Waals surface area contributed by atoms with Crippen LogP contribution in [0.2, 0.25) is 0 Å². The smallest absolute Gasteiger partial charge is 0.264 e. The normalized spacial score (nSPS) is 11.8. The Labute approximate surface area is 52.2 Å². The molecule has 0 bridgehead atoms. The number of hydrogen-bond donors (Lipinski definition) is 2. The first-order valence-corrected chi connectivity index (χ1v) is 4.06. The van der Waals surface area contributed by atoms with Crippen LogP contribution in [-0.2, 0) is 4.57 Å². The summed E-state index contributed by atoms with van der Waals surface area (Å²) in [7, 11) is -3.12. The molecule has 0 saturated carbocycles. The van der Waals surface area contributed by atoms with Crippen molar-refractivity contribution < 1.29 is 4.57 Å². The van der Waals surface area contributed by atoms with Crippen LogP contribution in [0.25, 0.3) is 0 Å². The lowest BCUT2D eigenvalue weighted by molar-refractivity contribution is 0.570. The predicted molar refractivity (Wildman–Crippen MR) is 33.6 cm³/mol. The Hall–Kier alpha value is -0.640. The lowest BCUT2D eigenvalue weighted by atomic mass is 11.0. The SMILES string of the molecule is NP(N)(=O)n1ccnc1. The van der Waals surface area contributed by atoms with E-state index < -0.39 is 7.59 Å². The minimum atomic E-state index is -3.12. The van der Waals surface area contributed by atoms with Gasteiger partial charge in [0.25, 0.3) is 0 Å². The Morgan fingerprint density at radius 1 is 1.56 bits per heavy atom. The molecule has 0 aliphatic carbocycles. The van der Waals surface area contributed by atoms with Gasteiger partial charge in [0.2, 0.25) is 0 Å². The third-order valence-electron chi connectivity index (χ3n) is 0.851. The summed E-state index contributed by atoms with van der Waals surface area (Å²) in [5, 5.41) is 0. The Morgan fingerprint density at radius 3 is 2.44 bits per heavy atom. The van der Waals surface area contributed by atoms with Gasteiger partial charge in [-0.15, -0.1) is 0 Å². The van der Waals surface area contributed by atoms with Crippen molar-refractivity contribution in [2.75, 3.05) is 0 Å². The summed E-state index contributed by atoms with van der Waals surface area (Å²) in [4.78, 5) is 3.62. The fourth-order valence-corrected chi connectivity index (χ4v) is 0.926. The predicted octanol–water partition coefficient (Wildman–Crippen LogP) is -0.243. The summed E-state index contributed by atoms with van der Waals surface area (Å²) in [6.07, 6.45) is 4.24. The molecule has 0 saturated heterocycles. The average molecular weight is 146 g/mol. The van der Waals surface area contributed by atoms with Crippen molar-refractivity contribution in [3.63, 3.8) is 0 Å². The van der Waals surface area contributed by atoms with E-state index in [1.165, 1.54) is 23.1 Å². The molecule has 1 aromatic rings. The summed E-state index contributed by atoms with van der Waals surface area (Å²) >= 11 is 0. The zero-order valence-electron chi connectivity index (χ0n) is 4.64. The molecule has 0 unspecified atom stereocenters. The summed E-state index contributed by atoms with van der Waals surface area (Å²) in [6.45, 7) is 0. The third-order valence-corrected chi connectivity index (χ3v) is 1.81. The molecule has 0 aromatic carbocycles. The molecule has 0 atom stereocenters. The molecule has 0 amide bonds. The van der Waals surface area contributed by atoms with Gasteiger partial charge in [0, 0.05) is 12.4 Å². The summed E-state index contributed by atoms with van der Waals surface area (Å²) in [6, 6.07) is 0. The zero-order chi connectivity index (χ0) is 6.91. The molecule has 50 valence electrons. The van der Waals surface area contributed by atoms with Crippen LogP contribution in [0.5, 0.6) is 0 Å². The van der Waals surface area contributed by atoms with Crippen molar-refractivity contribution in [2.24, 2.45) is 11.0 Å². The van der Waals surface area contributed by atoms with E-state index in [1.54, 1.807) is 0 Å². The molecule has 6 heteroatoms. The Kier molecular flexibility index (Phi) is 1.40. The number of rotatable bonds is 1. The Balaban J connectivity index is 3.04. The molecule has 0 aliphatic rings. The molecular formula is C3H7N4OP. The van der Waals surface area contributed by atoms with Crippen LogP contribution in [0.1, 0.15) is 0 Å². The number of imidazole rings is 1. The third kappa shape index (κ3) is 1.38. The topological polar surface area (TPSA) is 86.9 Å². The molecular weight excluding hydrogens is 139 g/mol. The van der Waals surface area contributed by atoms with Crippen molar-refractivity contribution >= 4 is 7.59 Å². The highest BCUT2D eigenvalue weighted by Gasteiger charge is 2.07. The van der Waals surface area contributed by atoms with E-state index >= 15 is 0 Å². The lowest BCUT2D eigenvalue weighted by Gasteiger charge is -2.04. The van der Waals surface area contributed by atoms with Crippen molar-refractivity contribution in [1.82, 2.24) is 9.32 Å². The van der Waals surface area contributed by atoms with Crippen LogP contribution in [0.15, 0.2) is 18.7 Å². The summed E-state index contributed by atoms with van der Waals surface area (Å²) in [5.41, 5.74) is 10.1. The van der Waals surface area contributed by atoms with Crippen molar-refractivity contribution in [3.8, 4) is 0 Å². The van der Waals surface area contributed by atoms with Gasteiger partial charge in [-0.1, -0.05) is 0 Å². The van der Waals surface area contributed by atoms with Crippen LogP contribution in [0.3, 0.4) is 0 Å². The van der Waals surface area contributed by atoms with E-state index in [0.29, 0.717) is 0 Å². The summed E-state index contributed by atoms with van der Waals surface area (Å²) in [5.74, 6) is 0. The highest BCUT2D eigenvalue weighted by molar-refractivity contribution is 7.57. The first kappa shape index (κ1) is 6.48. The van der Waals surface area contributed by atoms with Gasteiger partial charge in [0.05, 0.1) is 0 Å². The maximum Gasteiger partial charge on any atom is 0.305 e. The van der Waals surface area contributed by atoms with Crippen LogP contribution in [0, 0.1) is 0 Å². The van der Waals surface area contributed by atoms with Crippen molar-refractivity contribution in [2.45, 2.75) is 0 Å². The average Bonchev–Trinajstić information content (AvgIpc) is 2.08. The van der Waals surface area contributed by atoms with Crippen LogP contribution < -0.4 is 11.0 Å². The first-order chi connectivity index (χ1) is 4.11. The minimum absolute atomic E-state index is 1.19. The molecule has 1 aromatic heterocycles. The van der Waals surface area contributed by atoms with Gasteiger partial charge in [-0.25, -0.2) is 4.98 Å². The Bertz CT molecular complexity index is 224. The maximum absolute atomic E-state index is 10.8. The van der Waals surface area contributed by atoms with Gasteiger partial charge in [0.15, 0.2) is 0 Å². The molecule has 0 spiro atoms. The van der Waals surface area contributed by atoms with Gasteiger partial charge in [-0.05, 0) is 0 Å². The van der Waals surface area contributed by atoms with Crippen LogP contribution in [-0.4, -0.2) is 9.32 Å². The molecule has 4 N–H and O–H groups in total. The van der Waals surface area contributed by atoms with Gasteiger partial charge < -0.3 is 0 Å². The van der Waals surface area contributed by atoms with E-state index in [1.807, 2.05) is 0 Å². The second-order valence-electron chi connectivity index (χ2n) is 1.62. The fraction of sp³-hybridized carbons (Fsp3) is 0. The largest absolute Gasteiger partial charge is 0.305 e. The molecule has 9 heavy (non-hydrogen) atoms. The number of nitrogens with zero attached hydrogens (tertiary/aromatic N) is 2. The van der Waals surface area contributed by atoms with E-state index in [4.69, 9.17) is 11.0 Å². The Morgan fingerprint density at radius 2 is 2.22 bits per heavy atom. The molecule has 0 fully saturated rings. The van der Waals surface area contributed by atoms with E-state index in [-0.39, 0.29) is 0 Å². The fourth-order valence-electron chi connectivity index (χ4n) is 0.437. The second kappa shape index (κ2) is 1.95. The standard InChI is InChI=1S/C3H7N4OP/c4-9(5,8)7-2-1-6-3-7/h1-3H,(H4,4,5,8). The lowest BCUT2D eigenvalue weighted by Crippen LogP contribution is -2.11. The van der Waals surface area contributed by atoms with Gasteiger partial charge in [0.1, 0.15) is 6.33 Å². The molecule has 0 aliphatic heterocycles. The van der Waals surface area contributed by atoms with E-state index in [9.17, 15) is 4.57 Å². The van der Waals surface area contributed by atoms with E-state index in [0.717, 1.165) is 0 Å². The number of hydrogen-bond acceptors (Lipinski definition) is 2. The van der Waals surface area contributed by atoms with Gasteiger partial charge in [-0.3, -0.25) is 19.9 Å². The molecule has 0 radical (unpaired) electrons. The second-order valence-corrected chi connectivity index (χ2v) is 3.42. The first-order valence-electron chi connectivity index (χ1n) is 2.27. The van der Waals surface area contributed by atoms with Gasteiger partial charge in [-0.2, -0.15) is 0 Å². The molecule has 1 heterocycles. The highest BCUT2D eigenvalue weighted by Crippen LogP contribution is 2.25. The maximum atomic E-state index is 10.8. The van der Waals surface area contributed by atoms with Gasteiger partial charge >= 0.3 is 7.59 Å². The van der Waals surface area contributed by atoms with Crippen LogP contribution >= 0.6 is 7.59 Å². The monoisotopic (exact) mass is 146 g/mol. The van der Waals surface area contributed by atoms with Crippen molar-refractivity contribution in [3.05, 3.63) is 18.7 Å². The quantitative estimate of drug-likeness (QED) is 0.535. The van der Waals surface area contributed by atoms with Crippen molar-refractivity contribution in [1.29, 1.82) is 0 Å². The molecule has 1 rings (SSSR count). The number of aromatic nitrogens is 2. The summed E-state index contributed by atoms with van der Waals surface area (Å²) < 4.78 is 11.9. The minimum Gasteiger partial charge on any atom is -0.264 e. The van der Waals surface area contributed by atoms with Crippen LogP contribution in [0.4, 0.5) is 0 Å².